The lowest BCUT2D eigenvalue weighted by Crippen LogP contribution is -2.25. The van der Waals surface area contributed by atoms with Crippen LogP contribution in [0.5, 0.6) is 0 Å². The Balaban J connectivity index is 1.82. The fourth-order valence-electron chi connectivity index (χ4n) is 2.42. The molecule has 6 heteroatoms. The maximum Gasteiger partial charge on any atom is 0.326 e. The van der Waals surface area contributed by atoms with Crippen LogP contribution < -0.4 is 11.0 Å². The lowest BCUT2D eigenvalue weighted by atomic mass is 10.1. The normalized spacial score (nSPS) is 10.7. The first-order valence-electron chi connectivity index (χ1n) is 7.13. The number of benzene rings is 2. The zero-order valence-electron chi connectivity index (χ0n) is 12.5. The van der Waals surface area contributed by atoms with Crippen LogP contribution in [0.3, 0.4) is 0 Å². The van der Waals surface area contributed by atoms with Gasteiger partial charge in [0.2, 0.25) is 5.91 Å². The van der Waals surface area contributed by atoms with Crippen LogP contribution in [0.1, 0.15) is 17.3 Å². The van der Waals surface area contributed by atoms with Crippen molar-refractivity contribution < 1.29 is 9.59 Å². The number of para-hydroxylation sites is 2. The van der Waals surface area contributed by atoms with Gasteiger partial charge in [-0.3, -0.25) is 14.2 Å². The van der Waals surface area contributed by atoms with E-state index in [0.717, 1.165) is 0 Å². The van der Waals surface area contributed by atoms with Gasteiger partial charge in [-0.05, 0) is 31.2 Å². The molecule has 0 radical (unpaired) electrons. The van der Waals surface area contributed by atoms with Crippen LogP contribution in [0.15, 0.2) is 53.3 Å². The molecule has 3 aromatic rings. The first kappa shape index (κ1) is 14.8. The Hall–Kier alpha value is -3.15. The monoisotopic (exact) mass is 309 g/mol. The first-order chi connectivity index (χ1) is 11.0. The fourth-order valence-corrected chi connectivity index (χ4v) is 2.42. The molecule has 6 nitrogen and oxygen atoms in total. The van der Waals surface area contributed by atoms with Gasteiger partial charge in [0.25, 0.3) is 0 Å². The van der Waals surface area contributed by atoms with Crippen molar-refractivity contribution in [3.8, 4) is 0 Å². The number of ketones is 1. The minimum atomic E-state index is -0.336. The summed E-state index contributed by atoms with van der Waals surface area (Å²) in [6, 6.07) is 13.9. The molecule has 116 valence electrons. The highest BCUT2D eigenvalue weighted by Gasteiger charge is 2.11. The lowest BCUT2D eigenvalue weighted by molar-refractivity contribution is -0.116. The Bertz CT molecular complexity index is 953. The third kappa shape index (κ3) is 3.06. The number of anilines is 1. The van der Waals surface area contributed by atoms with Gasteiger partial charge >= 0.3 is 5.69 Å². The number of carbonyl (C=O) groups excluding carboxylic acids is 2. The summed E-state index contributed by atoms with van der Waals surface area (Å²) in [5, 5.41) is 2.70. The van der Waals surface area contributed by atoms with E-state index >= 15 is 0 Å². The number of imidazole rings is 1. The summed E-state index contributed by atoms with van der Waals surface area (Å²) in [6.45, 7) is 1.36. The zero-order valence-corrected chi connectivity index (χ0v) is 12.5. The number of hydrogen-bond acceptors (Lipinski definition) is 3. The van der Waals surface area contributed by atoms with E-state index in [2.05, 4.69) is 10.3 Å². The number of fused-ring (bicyclic) bond motifs is 1. The summed E-state index contributed by atoms with van der Waals surface area (Å²) in [5.41, 5.74) is 2.07. The van der Waals surface area contributed by atoms with Crippen molar-refractivity contribution in [2.45, 2.75) is 13.5 Å². The summed E-state index contributed by atoms with van der Waals surface area (Å²) in [7, 11) is 0. The van der Waals surface area contributed by atoms with E-state index in [1.807, 2.05) is 6.07 Å². The van der Waals surface area contributed by atoms with Crippen LogP contribution in [0.2, 0.25) is 0 Å². The predicted octanol–water partition coefficient (Wildman–Crippen LogP) is 2.17. The Labute approximate surface area is 131 Å². The number of Topliss-reactive ketones (excluding diaryl/α,β-unsaturated/α-hetero) is 1. The van der Waals surface area contributed by atoms with E-state index in [9.17, 15) is 14.4 Å². The average Bonchev–Trinajstić information content (AvgIpc) is 2.83. The summed E-state index contributed by atoms with van der Waals surface area (Å²) in [6.07, 6.45) is 0. The Morgan fingerprint density at radius 3 is 2.70 bits per heavy atom. The highest BCUT2D eigenvalue weighted by Crippen LogP contribution is 2.12. The number of rotatable bonds is 4. The van der Waals surface area contributed by atoms with Crippen molar-refractivity contribution in [3.05, 3.63) is 64.6 Å². The standard InChI is InChI=1S/C17H15N3O3/c1-11(21)12-5-4-6-13(9-12)18-16(22)10-20-15-8-3-2-7-14(15)19-17(20)23/h2-9H,10H2,1H3,(H,18,22)(H,19,23). The number of aromatic amines is 1. The number of aromatic nitrogens is 2. The molecule has 23 heavy (non-hydrogen) atoms. The predicted molar refractivity (Wildman–Crippen MR) is 87.6 cm³/mol. The van der Waals surface area contributed by atoms with Crippen molar-refractivity contribution in [3.63, 3.8) is 0 Å². The highest BCUT2D eigenvalue weighted by molar-refractivity contribution is 5.97. The van der Waals surface area contributed by atoms with E-state index in [1.54, 1.807) is 42.5 Å². The quantitative estimate of drug-likeness (QED) is 0.724. The molecule has 3 rings (SSSR count). The third-order valence-corrected chi connectivity index (χ3v) is 3.54. The van der Waals surface area contributed by atoms with Gasteiger partial charge in [0.1, 0.15) is 6.54 Å². The van der Waals surface area contributed by atoms with Gasteiger partial charge in [0, 0.05) is 11.3 Å². The largest absolute Gasteiger partial charge is 0.326 e. The molecule has 0 spiro atoms. The number of carbonyl (C=O) groups is 2. The molecular weight excluding hydrogens is 294 g/mol. The van der Waals surface area contributed by atoms with Crippen LogP contribution in [0.4, 0.5) is 5.69 Å². The third-order valence-electron chi connectivity index (χ3n) is 3.54. The number of nitrogens with zero attached hydrogens (tertiary/aromatic N) is 1. The van der Waals surface area contributed by atoms with Gasteiger partial charge in [-0.2, -0.15) is 0 Å². The van der Waals surface area contributed by atoms with E-state index < -0.39 is 0 Å². The molecule has 0 saturated carbocycles. The van der Waals surface area contributed by atoms with E-state index in [-0.39, 0.29) is 23.9 Å². The number of H-pyrrole nitrogens is 1. The van der Waals surface area contributed by atoms with Crippen molar-refractivity contribution in [1.82, 2.24) is 9.55 Å². The fraction of sp³-hybridized carbons (Fsp3) is 0.118. The Morgan fingerprint density at radius 2 is 1.91 bits per heavy atom. The van der Waals surface area contributed by atoms with Crippen LogP contribution in [0, 0.1) is 0 Å². The second-order valence-corrected chi connectivity index (χ2v) is 5.22. The Kier molecular flexibility index (Phi) is 3.80. The molecule has 0 saturated heterocycles. The van der Waals surface area contributed by atoms with Crippen LogP contribution in [0.25, 0.3) is 11.0 Å². The molecule has 2 N–H and O–H groups in total. The van der Waals surface area contributed by atoms with Crippen molar-refractivity contribution in [2.24, 2.45) is 0 Å². The molecule has 0 aliphatic heterocycles. The van der Waals surface area contributed by atoms with E-state index in [1.165, 1.54) is 11.5 Å². The van der Waals surface area contributed by atoms with Crippen molar-refractivity contribution in [1.29, 1.82) is 0 Å². The highest BCUT2D eigenvalue weighted by atomic mass is 16.2. The molecule has 0 aliphatic rings. The summed E-state index contributed by atoms with van der Waals surface area (Å²) in [4.78, 5) is 38.2. The van der Waals surface area contributed by atoms with Crippen molar-refractivity contribution >= 4 is 28.4 Å². The SMILES string of the molecule is CC(=O)c1cccc(NC(=O)Cn2c(=O)[nH]c3ccccc32)c1. The van der Waals surface area contributed by atoms with Gasteiger partial charge in [-0.15, -0.1) is 0 Å². The molecule has 1 amide bonds. The van der Waals surface area contributed by atoms with Crippen molar-refractivity contribution in [2.75, 3.05) is 5.32 Å². The van der Waals surface area contributed by atoms with E-state index in [0.29, 0.717) is 22.3 Å². The van der Waals surface area contributed by atoms with Gasteiger partial charge in [0.05, 0.1) is 11.0 Å². The maximum absolute atomic E-state index is 12.2. The molecule has 0 unspecified atom stereocenters. The average molecular weight is 309 g/mol. The van der Waals surface area contributed by atoms with Gasteiger partial charge in [-0.25, -0.2) is 4.79 Å². The molecule has 0 atom stereocenters. The molecule has 0 bridgehead atoms. The number of amides is 1. The minimum Gasteiger partial charge on any atom is -0.325 e. The smallest absolute Gasteiger partial charge is 0.325 e. The van der Waals surface area contributed by atoms with Crippen LogP contribution in [-0.2, 0) is 11.3 Å². The second kappa shape index (κ2) is 5.92. The molecule has 2 aromatic carbocycles. The topological polar surface area (TPSA) is 84.0 Å². The second-order valence-electron chi connectivity index (χ2n) is 5.22. The zero-order chi connectivity index (χ0) is 16.4. The number of nitrogens with one attached hydrogen (secondary N) is 2. The first-order valence-corrected chi connectivity index (χ1v) is 7.13. The molecule has 0 aliphatic carbocycles. The van der Waals surface area contributed by atoms with Gasteiger partial charge < -0.3 is 10.3 Å². The molecular formula is C17H15N3O3. The van der Waals surface area contributed by atoms with Gasteiger partial charge in [0.15, 0.2) is 5.78 Å². The van der Waals surface area contributed by atoms with Crippen LogP contribution >= 0.6 is 0 Å². The minimum absolute atomic E-state index is 0.0750. The van der Waals surface area contributed by atoms with Gasteiger partial charge in [-0.1, -0.05) is 24.3 Å². The number of hydrogen-bond donors (Lipinski definition) is 2. The summed E-state index contributed by atoms with van der Waals surface area (Å²) >= 11 is 0. The summed E-state index contributed by atoms with van der Waals surface area (Å²) < 4.78 is 1.37. The lowest BCUT2D eigenvalue weighted by Gasteiger charge is -2.07. The Morgan fingerprint density at radius 1 is 1.13 bits per heavy atom. The maximum atomic E-state index is 12.2. The molecule has 1 aromatic heterocycles. The molecule has 1 heterocycles. The molecule has 0 fully saturated rings. The van der Waals surface area contributed by atoms with Crippen LogP contribution in [-0.4, -0.2) is 21.2 Å². The summed E-state index contributed by atoms with van der Waals surface area (Å²) in [5.74, 6) is -0.411. The van der Waals surface area contributed by atoms with E-state index in [4.69, 9.17) is 0 Å².